The summed E-state index contributed by atoms with van der Waals surface area (Å²) in [6.45, 7) is 4.51. The van der Waals surface area contributed by atoms with E-state index < -0.39 is 0 Å². The Labute approximate surface area is 123 Å². The van der Waals surface area contributed by atoms with Gasteiger partial charge in [0.15, 0.2) is 0 Å². The molecular weight excluding hydrogens is 294 g/mol. The van der Waals surface area contributed by atoms with Gasteiger partial charge in [0.05, 0.1) is 23.1 Å². The van der Waals surface area contributed by atoms with Gasteiger partial charge in [0.1, 0.15) is 5.75 Å². The van der Waals surface area contributed by atoms with Crippen LogP contribution in [-0.4, -0.2) is 19.3 Å². The highest BCUT2D eigenvalue weighted by Crippen LogP contribution is 2.33. The molecule has 0 spiro atoms. The quantitative estimate of drug-likeness (QED) is 0.694. The molecule has 0 N–H and O–H groups in total. The summed E-state index contributed by atoms with van der Waals surface area (Å²) in [4.78, 5) is 0. The fourth-order valence-electron chi connectivity index (χ4n) is 1.38. The van der Waals surface area contributed by atoms with Crippen molar-refractivity contribution in [2.45, 2.75) is 31.7 Å². The first-order valence-electron chi connectivity index (χ1n) is 5.61. The summed E-state index contributed by atoms with van der Waals surface area (Å²) < 4.78 is 11.0. The van der Waals surface area contributed by atoms with Crippen molar-refractivity contribution < 1.29 is 9.47 Å². The number of hydrogen-bond acceptors (Lipinski definition) is 2. The zero-order valence-electron chi connectivity index (χ0n) is 10.7. The van der Waals surface area contributed by atoms with Crippen LogP contribution in [0.1, 0.15) is 25.8 Å². The molecule has 5 heteroatoms. The minimum absolute atomic E-state index is 0.222. The van der Waals surface area contributed by atoms with Crippen molar-refractivity contribution in [3.05, 3.63) is 27.7 Å². The van der Waals surface area contributed by atoms with Gasteiger partial charge in [-0.25, -0.2) is 0 Å². The average molecular weight is 312 g/mol. The van der Waals surface area contributed by atoms with E-state index in [1.54, 1.807) is 19.2 Å². The van der Waals surface area contributed by atoms with Gasteiger partial charge in [-0.05, 0) is 26.0 Å². The lowest BCUT2D eigenvalue weighted by Gasteiger charge is -2.23. The number of halogens is 3. The monoisotopic (exact) mass is 310 g/mol. The maximum atomic E-state index is 6.10. The van der Waals surface area contributed by atoms with Gasteiger partial charge in [0.2, 0.25) is 0 Å². The van der Waals surface area contributed by atoms with E-state index in [0.717, 1.165) is 12.0 Å². The Morgan fingerprint density at radius 2 is 1.89 bits per heavy atom. The van der Waals surface area contributed by atoms with Crippen molar-refractivity contribution in [2.75, 3.05) is 13.7 Å². The van der Waals surface area contributed by atoms with Crippen LogP contribution in [0.4, 0.5) is 0 Å². The normalized spacial score (nSPS) is 11.7. The molecule has 1 aromatic carbocycles. The molecule has 1 aromatic rings. The molecule has 0 aliphatic heterocycles. The minimum Gasteiger partial charge on any atom is -0.492 e. The Morgan fingerprint density at radius 3 is 2.44 bits per heavy atom. The van der Waals surface area contributed by atoms with E-state index in [9.17, 15) is 0 Å². The van der Waals surface area contributed by atoms with E-state index in [1.807, 2.05) is 13.8 Å². The van der Waals surface area contributed by atoms with Crippen LogP contribution in [0.5, 0.6) is 5.75 Å². The second-order valence-electron chi connectivity index (χ2n) is 4.57. The van der Waals surface area contributed by atoms with Crippen LogP contribution < -0.4 is 4.74 Å². The number of hydrogen-bond donors (Lipinski definition) is 0. The first kappa shape index (κ1) is 15.9. The van der Waals surface area contributed by atoms with Crippen LogP contribution in [0.2, 0.25) is 10.0 Å². The van der Waals surface area contributed by atoms with Gasteiger partial charge in [0.25, 0.3) is 0 Å². The molecule has 0 aliphatic rings. The Morgan fingerprint density at radius 1 is 1.22 bits per heavy atom. The first-order chi connectivity index (χ1) is 8.39. The van der Waals surface area contributed by atoms with Crippen molar-refractivity contribution in [1.82, 2.24) is 0 Å². The van der Waals surface area contributed by atoms with Gasteiger partial charge in [-0.3, -0.25) is 0 Å². The van der Waals surface area contributed by atoms with Crippen LogP contribution in [-0.2, 0) is 10.6 Å². The standard InChI is InChI=1S/C13H17Cl3O2/c1-13(2,17-3)4-5-18-12-9(8-14)6-10(15)7-11(12)16/h6-7H,4-5,8H2,1-3H3. The maximum absolute atomic E-state index is 6.10. The zero-order valence-corrected chi connectivity index (χ0v) is 13.0. The third-order valence-corrected chi connectivity index (χ3v) is 3.52. The Balaban J connectivity index is 2.73. The molecule has 1 rings (SSSR count). The van der Waals surface area contributed by atoms with Crippen LogP contribution in [0.3, 0.4) is 0 Å². The predicted octanol–water partition coefficient (Wildman–Crippen LogP) is 4.93. The van der Waals surface area contributed by atoms with E-state index in [2.05, 4.69) is 0 Å². The second-order valence-corrected chi connectivity index (χ2v) is 5.68. The molecule has 0 saturated heterocycles. The molecule has 2 nitrogen and oxygen atoms in total. The number of methoxy groups -OCH3 is 1. The molecule has 18 heavy (non-hydrogen) atoms. The smallest absolute Gasteiger partial charge is 0.142 e. The topological polar surface area (TPSA) is 18.5 Å². The van der Waals surface area contributed by atoms with Gasteiger partial charge < -0.3 is 9.47 Å². The lowest BCUT2D eigenvalue weighted by atomic mass is 10.1. The third-order valence-electron chi connectivity index (χ3n) is 2.73. The van der Waals surface area contributed by atoms with Crippen molar-refractivity contribution in [3.63, 3.8) is 0 Å². The lowest BCUT2D eigenvalue weighted by molar-refractivity contribution is 0.00540. The molecule has 0 unspecified atom stereocenters. The highest BCUT2D eigenvalue weighted by atomic mass is 35.5. The van der Waals surface area contributed by atoms with Crippen LogP contribution >= 0.6 is 34.8 Å². The van der Waals surface area contributed by atoms with Crippen molar-refractivity contribution in [1.29, 1.82) is 0 Å². The second kappa shape index (κ2) is 6.85. The van der Waals surface area contributed by atoms with Crippen LogP contribution in [0.15, 0.2) is 12.1 Å². The average Bonchev–Trinajstić information content (AvgIpc) is 2.31. The molecule has 0 amide bonds. The number of alkyl halides is 1. The summed E-state index contributed by atoms with van der Waals surface area (Å²) in [6.07, 6.45) is 0.754. The third kappa shape index (κ3) is 4.51. The van der Waals surface area contributed by atoms with E-state index >= 15 is 0 Å². The highest BCUT2D eigenvalue weighted by Gasteiger charge is 2.17. The Hall–Kier alpha value is -0.150. The lowest BCUT2D eigenvalue weighted by Crippen LogP contribution is -2.25. The van der Waals surface area contributed by atoms with Gasteiger partial charge in [-0.1, -0.05) is 23.2 Å². The van der Waals surface area contributed by atoms with E-state index in [4.69, 9.17) is 44.3 Å². The summed E-state index contributed by atoms with van der Waals surface area (Å²) in [5.74, 6) is 0.909. The predicted molar refractivity (Wildman–Crippen MR) is 77.2 cm³/mol. The molecule has 0 aliphatic carbocycles. The first-order valence-corrected chi connectivity index (χ1v) is 6.90. The summed E-state index contributed by atoms with van der Waals surface area (Å²) in [6, 6.07) is 3.41. The Bertz CT molecular complexity index is 405. The summed E-state index contributed by atoms with van der Waals surface area (Å²) >= 11 is 17.9. The fourth-order valence-corrected chi connectivity index (χ4v) is 2.16. The van der Waals surface area contributed by atoms with Crippen LogP contribution in [0, 0.1) is 0 Å². The number of rotatable bonds is 6. The molecule has 0 saturated carbocycles. The van der Waals surface area contributed by atoms with Crippen molar-refractivity contribution in [2.24, 2.45) is 0 Å². The molecule has 0 heterocycles. The summed E-state index contributed by atoms with van der Waals surface area (Å²) in [5.41, 5.74) is 0.574. The molecule has 0 aromatic heterocycles. The SMILES string of the molecule is COC(C)(C)CCOc1c(Cl)cc(Cl)cc1CCl. The minimum atomic E-state index is -0.222. The number of benzene rings is 1. The number of ether oxygens (including phenoxy) is 2. The largest absolute Gasteiger partial charge is 0.492 e. The highest BCUT2D eigenvalue weighted by molar-refractivity contribution is 6.35. The van der Waals surface area contributed by atoms with E-state index in [-0.39, 0.29) is 5.60 Å². The molecule has 0 atom stereocenters. The molecule has 102 valence electrons. The van der Waals surface area contributed by atoms with E-state index in [1.165, 1.54) is 0 Å². The summed E-state index contributed by atoms with van der Waals surface area (Å²) in [5, 5.41) is 1.04. The van der Waals surface area contributed by atoms with Gasteiger partial charge in [-0.2, -0.15) is 0 Å². The molecule has 0 radical (unpaired) electrons. The van der Waals surface area contributed by atoms with E-state index in [0.29, 0.717) is 28.3 Å². The molecule has 0 fully saturated rings. The van der Waals surface area contributed by atoms with Crippen molar-refractivity contribution in [3.8, 4) is 5.75 Å². The molecule has 0 bridgehead atoms. The maximum Gasteiger partial charge on any atom is 0.142 e. The fraction of sp³-hybridized carbons (Fsp3) is 0.538. The van der Waals surface area contributed by atoms with Gasteiger partial charge in [-0.15, -0.1) is 11.6 Å². The van der Waals surface area contributed by atoms with Gasteiger partial charge >= 0.3 is 0 Å². The molecular formula is C13H17Cl3O2. The Kier molecular flexibility index (Phi) is 6.06. The zero-order chi connectivity index (χ0) is 13.8. The van der Waals surface area contributed by atoms with Crippen LogP contribution in [0.25, 0.3) is 0 Å². The summed E-state index contributed by atoms with van der Waals surface area (Å²) in [7, 11) is 1.68. The van der Waals surface area contributed by atoms with Crippen molar-refractivity contribution >= 4 is 34.8 Å². The van der Waals surface area contributed by atoms with Gasteiger partial charge in [0, 0.05) is 24.1 Å².